The van der Waals surface area contributed by atoms with Crippen molar-refractivity contribution in [1.29, 1.82) is 0 Å². The van der Waals surface area contributed by atoms with Gasteiger partial charge in [0.05, 0.1) is 0 Å². The van der Waals surface area contributed by atoms with Crippen LogP contribution in [0.15, 0.2) is 29.3 Å². The summed E-state index contributed by atoms with van der Waals surface area (Å²) in [5, 5.41) is 6.76. The number of hydrogen-bond donors (Lipinski definition) is 2. The molecule has 0 aromatic heterocycles. The first-order valence-electron chi connectivity index (χ1n) is 9.92. The molecular formula is C21H35FIN3O2. The van der Waals surface area contributed by atoms with Crippen LogP contribution in [0.4, 0.5) is 4.39 Å². The lowest BCUT2D eigenvalue weighted by Crippen LogP contribution is -2.48. The van der Waals surface area contributed by atoms with E-state index in [0.29, 0.717) is 25.7 Å². The van der Waals surface area contributed by atoms with Gasteiger partial charge in [-0.2, -0.15) is 0 Å². The van der Waals surface area contributed by atoms with E-state index in [1.165, 1.54) is 6.07 Å². The molecule has 1 heterocycles. The van der Waals surface area contributed by atoms with Gasteiger partial charge in [-0.25, -0.2) is 4.39 Å². The van der Waals surface area contributed by atoms with Crippen molar-refractivity contribution in [2.24, 2.45) is 10.9 Å². The quantitative estimate of drug-likeness (QED) is 0.232. The molecule has 1 aliphatic rings. The smallest absolute Gasteiger partial charge is 0.191 e. The Labute approximate surface area is 185 Å². The van der Waals surface area contributed by atoms with Gasteiger partial charge in [0.2, 0.25) is 0 Å². The van der Waals surface area contributed by atoms with Crippen LogP contribution in [0.2, 0.25) is 0 Å². The van der Waals surface area contributed by atoms with Crippen molar-refractivity contribution >= 4 is 29.9 Å². The molecule has 0 unspecified atom stereocenters. The van der Waals surface area contributed by atoms with Crippen LogP contribution < -0.4 is 10.6 Å². The minimum absolute atomic E-state index is 0. The SMILES string of the molecule is CN=C(NCCCOCC(C)C)NCC1(c2cccc(F)c2)CCOCC1.I. The third-order valence-corrected chi connectivity index (χ3v) is 4.91. The van der Waals surface area contributed by atoms with Crippen molar-refractivity contribution in [3.63, 3.8) is 0 Å². The Morgan fingerprint density at radius 3 is 2.68 bits per heavy atom. The van der Waals surface area contributed by atoms with Crippen LogP contribution in [0.25, 0.3) is 0 Å². The fourth-order valence-electron chi connectivity index (χ4n) is 3.32. The molecule has 1 saturated heterocycles. The van der Waals surface area contributed by atoms with E-state index in [0.717, 1.165) is 50.5 Å². The van der Waals surface area contributed by atoms with Crippen LogP contribution in [0.3, 0.4) is 0 Å². The molecule has 28 heavy (non-hydrogen) atoms. The van der Waals surface area contributed by atoms with E-state index in [-0.39, 0.29) is 35.2 Å². The van der Waals surface area contributed by atoms with Gasteiger partial charge in [-0.1, -0.05) is 26.0 Å². The molecule has 1 fully saturated rings. The summed E-state index contributed by atoms with van der Waals surface area (Å²) >= 11 is 0. The number of rotatable bonds is 9. The lowest BCUT2D eigenvalue weighted by molar-refractivity contribution is 0.0512. The maximum Gasteiger partial charge on any atom is 0.191 e. The van der Waals surface area contributed by atoms with Gasteiger partial charge in [-0.05, 0) is 42.9 Å². The number of guanidine groups is 1. The number of nitrogens with one attached hydrogen (secondary N) is 2. The normalized spacial score (nSPS) is 16.5. The second kappa shape index (κ2) is 13.3. The summed E-state index contributed by atoms with van der Waals surface area (Å²) in [7, 11) is 1.77. The molecule has 5 nitrogen and oxygen atoms in total. The van der Waals surface area contributed by atoms with Gasteiger partial charge in [0.1, 0.15) is 5.82 Å². The molecule has 0 saturated carbocycles. The summed E-state index contributed by atoms with van der Waals surface area (Å²) in [5.74, 6) is 1.13. The molecule has 0 bridgehead atoms. The predicted molar refractivity (Wildman–Crippen MR) is 123 cm³/mol. The van der Waals surface area contributed by atoms with Crippen molar-refractivity contribution in [3.8, 4) is 0 Å². The van der Waals surface area contributed by atoms with Crippen molar-refractivity contribution in [1.82, 2.24) is 10.6 Å². The van der Waals surface area contributed by atoms with Crippen LogP contribution in [0.5, 0.6) is 0 Å². The fraction of sp³-hybridized carbons (Fsp3) is 0.667. The molecule has 0 atom stereocenters. The Morgan fingerprint density at radius 2 is 2.04 bits per heavy atom. The Hall–Kier alpha value is -0.930. The van der Waals surface area contributed by atoms with Crippen LogP contribution in [-0.4, -0.2) is 52.5 Å². The molecular weight excluding hydrogens is 472 g/mol. The van der Waals surface area contributed by atoms with Gasteiger partial charge in [0, 0.05) is 52.0 Å². The second-order valence-corrected chi connectivity index (χ2v) is 7.58. The number of ether oxygens (including phenoxy) is 2. The Morgan fingerprint density at radius 1 is 1.29 bits per heavy atom. The van der Waals surface area contributed by atoms with E-state index >= 15 is 0 Å². The highest BCUT2D eigenvalue weighted by molar-refractivity contribution is 14.0. The van der Waals surface area contributed by atoms with Gasteiger partial charge < -0.3 is 20.1 Å². The Bertz CT molecular complexity index is 593. The number of nitrogens with zero attached hydrogens (tertiary/aromatic N) is 1. The zero-order chi connectivity index (χ0) is 19.5. The van der Waals surface area contributed by atoms with Crippen LogP contribution in [0, 0.1) is 11.7 Å². The lowest BCUT2D eigenvalue weighted by atomic mass is 9.74. The molecule has 0 amide bonds. The van der Waals surface area contributed by atoms with Gasteiger partial charge >= 0.3 is 0 Å². The second-order valence-electron chi connectivity index (χ2n) is 7.58. The van der Waals surface area contributed by atoms with E-state index in [1.54, 1.807) is 19.2 Å². The van der Waals surface area contributed by atoms with E-state index in [2.05, 4.69) is 29.5 Å². The maximum absolute atomic E-state index is 13.8. The molecule has 7 heteroatoms. The zero-order valence-corrected chi connectivity index (χ0v) is 19.6. The van der Waals surface area contributed by atoms with Crippen molar-refractivity contribution in [3.05, 3.63) is 35.6 Å². The van der Waals surface area contributed by atoms with E-state index in [4.69, 9.17) is 9.47 Å². The average Bonchev–Trinajstić information content (AvgIpc) is 2.67. The molecule has 1 aromatic rings. The van der Waals surface area contributed by atoms with Crippen molar-refractivity contribution in [2.45, 2.75) is 38.5 Å². The number of halogens is 2. The van der Waals surface area contributed by atoms with Crippen LogP contribution >= 0.6 is 24.0 Å². The summed E-state index contributed by atoms with van der Waals surface area (Å²) < 4.78 is 24.9. The fourth-order valence-corrected chi connectivity index (χ4v) is 3.32. The molecule has 2 rings (SSSR count). The average molecular weight is 507 g/mol. The number of benzene rings is 1. The van der Waals surface area contributed by atoms with E-state index < -0.39 is 0 Å². The summed E-state index contributed by atoms with van der Waals surface area (Å²) in [4.78, 5) is 4.31. The number of hydrogen-bond acceptors (Lipinski definition) is 3. The standard InChI is InChI=1S/C21H34FN3O2.HI/c1-17(2)15-27-11-5-10-24-20(23-3)25-16-21(8-12-26-13-9-21)18-6-4-7-19(22)14-18;/h4,6-7,14,17H,5,8-13,15-16H2,1-3H3,(H2,23,24,25);1H. The molecule has 160 valence electrons. The molecule has 1 aromatic carbocycles. The van der Waals surface area contributed by atoms with Crippen LogP contribution in [0.1, 0.15) is 38.7 Å². The van der Waals surface area contributed by atoms with Gasteiger partial charge in [-0.15, -0.1) is 24.0 Å². The molecule has 1 aliphatic heterocycles. The lowest BCUT2D eigenvalue weighted by Gasteiger charge is -2.38. The van der Waals surface area contributed by atoms with Crippen molar-refractivity contribution in [2.75, 3.05) is 46.6 Å². The first-order chi connectivity index (χ1) is 13.1. The minimum atomic E-state index is -0.192. The predicted octanol–water partition coefficient (Wildman–Crippen LogP) is 3.72. The van der Waals surface area contributed by atoms with E-state index in [9.17, 15) is 4.39 Å². The summed E-state index contributed by atoms with van der Waals surface area (Å²) in [6, 6.07) is 6.94. The summed E-state index contributed by atoms with van der Waals surface area (Å²) in [6.45, 7) is 8.72. The van der Waals surface area contributed by atoms with Gasteiger partial charge in [0.15, 0.2) is 5.96 Å². The monoisotopic (exact) mass is 507 g/mol. The number of aliphatic imine (C=N–C) groups is 1. The zero-order valence-electron chi connectivity index (χ0n) is 17.3. The van der Waals surface area contributed by atoms with Gasteiger partial charge in [-0.3, -0.25) is 4.99 Å². The first-order valence-corrected chi connectivity index (χ1v) is 9.92. The van der Waals surface area contributed by atoms with Crippen molar-refractivity contribution < 1.29 is 13.9 Å². The van der Waals surface area contributed by atoms with Gasteiger partial charge in [0.25, 0.3) is 0 Å². The van der Waals surface area contributed by atoms with E-state index in [1.807, 2.05) is 6.07 Å². The molecule has 2 N–H and O–H groups in total. The van der Waals surface area contributed by atoms with Crippen LogP contribution in [-0.2, 0) is 14.9 Å². The highest BCUT2D eigenvalue weighted by Crippen LogP contribution is 2.34. The first kappa shape index (κ1) is 25.1. The maximum atomic E-state index is 13.8. The third-order valence-electron chi connectivity index (χ3n) is 4.91. The molecule has 0 aliphatic carbocycles. The largest absolute Gasteiger partial charge is 0.381 e. The highest BCUT2D eigenvalue weighted by atomic mass is 127. The minimum Gasteiger partial charge on any atom is -0.381 e. The molecule has 0 spiro atoms. The molecule has 0 radical (unpaired) electrons. The Kier molecular flexibility index (Phi) is 11.9. The summed E-state index contributed by atoms with van der Waals surface area (Å²) in [6.07, 6.45) is 2.66. The third kappa shape index (κ3) is 8.21. The topological polar surface area (TPSA) is 54.9 Å². The highest BCUT2D eigenvalue weighted by Gasteiger charge is 2.34. The Balaban J connectivity index is 0.00000392. The summed E-state index contributed by atoms with van der Waals surface area (Å²) in [5.41, 5.74) is 0.883.